The van der Waals surface area contributed by atoms with Gasteiger partial charge in [0.05, 0.1) is 10.9 Å². The molecule has 1 atom stereocenters. The van der Waals surface area contributed by atoms with Crippen LogP contribution < -0.4 is 5.63 Å². The second kappa shape index (κ2) is 5.56. The lowest BCUT2D eigenvalue weighted by Crippen LogP contribution is -2.11. The highest BCUT2D eigenvalue weighted by Crippen LogP contribution is 2.33. The summed E-state index contributed by atoms with van der Waals surface area (Å²) in [7, 11) is 0. The van der Waals surface area contributed by atoms with E-state index in [9.17, 15) is 15.0 Å². The number of benzene rings is 2. The molecule has 0 aliphatic heterocycles. The summed E-state index contributed by atoms with van der Waals surface area (Å²) in [4.78, 5) is 12.1. The predicted molar refractivity (Wildman–Crippen MR) is 84.4 cm³/mol. The summed E-state index contributed by atoms with van der Waals surface area (Å²) >= 11 is 0. The summed E-state index contributed by atoms with van der Waals surface area (Å²) in [6.07, 6.45) is 0.365. The average Bonchev–Trinajstić information content (AvgIpc) is 2.53. The molecule has 0 amide bonds. The Hall–Kier alpha value is -2.75. The van der Waals surface area contributed by atoms with Gasteiger partial charge in [0.2, 0.25) is 0 Å². The molecule has 0 aliphatic carbocycles. The third-order valence-corrected chi connectivity index (χ3v) is 3.86. The summed E-state index contributed by atoms with van der Waals surface area (Å²) in [6.45, 7) is 1.99. The van der Waals surface area contributed by atoms with Crippen molar-refractivity contribution in [2.24, 2.45) is 0 Å². The normalized spacial score (nSPS) is 12.4. The number of fused-ring (bicyclic) bond motifs is 1. The van der Waals surface area contributed by atoms with Gasteiger partial charge in [-0.3, -0.25) is 0 Å². The average molecular weight is 296 g/mol. The van der Waals surface area contributed by atoms with Gasteiger partial charge in [-0.25, -0.2) is 4.79 Å². The minimum atomic E-state index is -0.616. The minimum Gasteiger partial charge on any atom is -0.507 e. The van der Waals surface area contributed by atoms with Crippen LogP contribution in [0.15, 0.2) is 57.7 Å². The Morgan fingerprint density at radius 3 is 2.50 bits per heavy atom. The molecule has 22 heavy (non-hydrogen) atoms. The molecule has 3 rings (SSSR count). The van der Waals surface area contributed by atoms with E-state index in [1.807, 2.05) is 37.3 Å². The molecule has 2 aromatic carbocycles. The zero-order valence-electron chi connectivity index (χ0n) is 12.1. The lowest BCUT2D eigenvalue weighted by atomic mass is 9.93. The molecule has 0 fully saturated rings. The number of rotatable bonds is 3. The van der Waals surface area contributed by atoms with Gasteiger partial charge in [0.1, 0.15) is 5.75 Å². The van der Waals surface area contributed by atoms with Crippen molar-refractivity contribution in [1.82, 2.24) is 0 Å². The van der Waals surface area contributed by atoms with Crippen LogP contribution in [-0.2, 0) is 6.42 Å². The zero-order valence-corrected chi connectivity index (χ0v) is 12.1. The van der Waals surface area contributed by atoms with Crippen molar-refractivity contribution in [3.8, 4) is 11.5 Å². The second-order valence-electron chi connectivity index (χ2n) is 5.39. The first-order valence-corrected chi connectivity index (χ1v) is 7.09. The fourth-order valence-electron chi connectivity index (χ4n) is 2.62. The quantitative estimate of drug-likeness (QED) is 0.725. The monoisotopic (exact) mass is 296 g/mol. The first-order chi connectivity index (χ1) is 10.6. The number of phenolic OH excluding ortho intramolecular Hbond substituents is 1. The smallest absolute Gasteiger partial charge is 0.343 e. The molecule has 1 aromatic heterocycles. The van der Waals surface area contributed by atoms with Crippen molar-refractivity contribution in [2.45, 2.75) is 19.3 Å². The van der Waals surface area contributed by atoms with Gasteiger partial charge in [0.15, 0.2) is 11.3 Å². The molecule has 4 nitrogen and oxygen atoms in total. The molecule has 1 unspecified atom stereocenters. The number of aromatic hydroxyl groups is 2. The maximum Gasteiger partial charge on any atom is 0.343 e. The highest BCUT2D eigenvalue weighted by atomic mass is 16.4. The van der Waals surface area contributed by atoms with E-state index in [0.29, 0.717) is 11.8 Å². The Morgan fingerprint density at radius 1 is 1.05 bits per heavy atom. The molecule has 0 saturated carbocycles. The summed E-state index contributed by atoms with van der Waals surface area (Å²) in [5.41, 5.74) is 0.710. The SMILES string of the molecule is CC(Cc1c(O)c2cccc(O)c2oc1=O)c1ccccc1. The van der Waals surface area contributed by atoms with Gasteiger partial charge in [0, 0.05) is 0 Å². The van der Waals surface area contributed by atoms with E-state index in [2.05, 4.69) is 0 Å². The van der Waals surface area contributed by atoms with E-state index >= 15 is 0 Å². The molecule has 0 spiro atoms. The van der Waals surface area contributed by atoms with Crippen molar-refractivity contribution in [3.05, 3.63) is 70.1 Å². The molecule has 112 valence electrons. The highest BCUT2D eigenvalue weighted by molar-refractivity contribution is 5.88. The Labute approximate surface area is 127 Å². The first kappa shape index (κ1) is 14.2. The summed E-state index contributed by atoms with van der Waals surface area (Å²) < 4.78 is 5.18. The van der Waals surface area contributed by atoms with Gasteiger partial charge >= 0.3 is 5.63 Å². The van der Waals surface area contributed by atoms with Crippen molar-refractivity contribution in [1.29, 1.82) is 0 Å². The summed E-state index contributed by atoms with van der Waals surface area (Å²) in [5.74, 6) is -0.220. The van der Waals surface area contributed by atoms with Crippen molar-refractivity contribution >= 4 is 11.0 Å². The van der Waals surface area contributed by atoms with E-state index in [1.165, 1.54) is 6.07 Å². The van der Waals surface area contributed by atoms with Gasteiger partial charge in [-0.05, 0) is 30.0 Å². The zero-order chi connectivity index (χ0) is 15.7. The summed E-state index contributed by atoms with van der Waals surface area (Å²) in [5, 5.41) is 20.4. The first-order valence-electron chi connectivity index (χ1n) is 7.09. The van der Waals surface area contributed by atoms with Gasteiger partial charge < -0.3 is 14.6 Å². The lowest BCUT2D eigenvalue weighted by molar-refractivity contribution is 0.436. The molecular formula is C18H16O4. The van der Waals surface area contributed by atoms with E-state index in [1.54, 1.807) is 12.1 Å². The Kier molecular flexibility index (Phi) is 3.59. The summed E-state index contributed by atoms with van der Waals surface area (Å²) in [6, 6.07) is 14.4. The van der Waals surface area contributed by atoms with Crippen LogP contribution in [0.4, 0.5) is 0 Å². The van der Waals surface area contributed by atoms with Crippen molar-refractivity contribution < 1.29 is 14.6 Å². The van der Waals surface area contributed by atoms with Crippen LogP contribution in [0, 0.1) is 0 Å². The van der Waals surface area contributed by atoms with Crippen LogP contribution in [0.3, 0.4) is 0 Å². The molecule has 3 aromatic rings. The molecule has 0 bridgehead atoms. The van der Waals surface area contributed by atoms with E-state index < -0.39 is 5.63 Å². The van der Waals surface area contributed by atoms with Gasteiger partial charge in [-0.15, -0.1) is 0 Å². The number of phenols is 1. The Morgan fingerprint density at radius 2 is 1.77 bits per heavy atom. The molecule has 0 aliphatic rings. The van der Waals surface area contributed by atoms with Crippen LogP contribution >= 0.6 is 0 Å². The maximum atomic E-state index is 12.1. The number of para-hydroxylation sites is 1. The van der Waals surface area contributed by atoms with Gasteiger partial charge in [0.25, 0.3) is 0 Å². The molecule has 0 saturated heterocycles. The standard InChI is InChI=1S/C18H16O4/c1-11(12-6-3-2-4-7-12)10-14-16(20)13-8-5-9-15(19)17(13)22-18(14)21/h2-9,11,19-20H,10H2,1H3. The molecule has 1 heterocycles. The topological polar surface area (TPSA) is 70.7 Å². The van der Waals surface area contributed by atoms with Crippen LogP contribution in [0.25, 0.3) is 11.0 Å². The third kappa shape index (κ3) is 2.44. The molecular weight excluding hydrogens is 280 g/mol. The number of hydrogen-bond donors (Lipinski definition) is 2. The Balaban J connectivity index is 2.06. The minimum absolute atomic E-state index is 0.0149. The molecule has 4 heteroatoms. The van der Waals surface area contributed by atoms with E-state index in [4.69, 9.17) is 4.42 Å². The molecule has 2 N–H and O–H groups in total. The van der Waals surface area contributed by atoms with Crippen LogP contribution in [0.1, 0.15) is 24.0 Å². The maximum absolute atomic E-state index is 12.1. The van der Waals surface area contributed by atoms with E-state index in [-0.39, 0.29) is 28.6 Å². The van der Waals surface area contributed by atoms with E-state index in [0.717, 1.165) is 5.56 Å². The van der Waals surface area contributed by atoms with Crippen LogP contribution in [-0.4, -0.2) is 10.2 Å². The predicted octanol–water partition coefficient (Wildman–Crippen LogP) is 3.55. The largest absolute Gasteiger partial charge is 0.507 e. The van der Waals surface area contributed by atoms with Gasteiger partial charge in [-0.2, -0.15) is 0 Å². The van der Waals surface area contributed by atoms with Crippen molar-refractivity contribution in [2.75, 3.05) is 0 Å². The molecule has 0 radical (unpaired) electrons. The second-order valence-corrected chi connectivity index (χ2v) is 5.39. The van der Waals surface area contributed by atoms with Gasteiger partial charge in [-0.1, -0.05) is 43.3 Å². The lowest BCUT2D eigenvalue weighted by Gasteiger charge is -2.13. The van der Waals surface area contributed by atoms with Crippen molar-refractivity contribution in [3.63, 3.8) is 0 Å². The third-order valence-electron chi connectivity index (χ3n) is 3.86. The number of hydrogen-bond acceptors (Lipinski definition) is 4. The fourth-order valence-corrected chi connectivity index (χ4v) is 2.62. The van der Waals surface area contributed by atoms with Crippen LogP contribution in [0.5, 0.6) is 11.5 Å². The van der Waals surface area contributed by atoms with Crippen LogP contribution in [0.2, 0.25) is 0 Å². The fraction of sp³-hybridized carbons (Fsp3) is 0.167. The Bertz CT molecular complexity index is 865. The highest BCUT2D eigenvalue weighted by Gasteiger charge is 2.18.